The molecule has 4 unspecified atom stereocenters. The molecule has 0 amide bonds. The van der Waals surface area contributed by atoms with Crippen molar-refractivity contribution in [1.29, 1.82) is 0 Å². The molecule has 4 aliphatic rings. The van der Waals surface area contributed by atoms with Crippen LogP contribution in [0.3, 0.4) is 0 Å². The lowest BCUT2D eigenvalue weighted by molar-refractivity contribution is -0.132. The third-order valence-electron chi connectivity index (χ3n) is 7.91. The maximum atomic E-state index is 12.6. The van der Waals surface area contributed by atoms with E-state index in [0.717, 1.165) is 37.5 Å². The van der Waals surface area contributed by atoms with Gasteiger partial charge in [-0.15, -0.1) is 0 Å². The van der Waals surface area contributed by atoms with Gasteiger partial charge in [-0.1, -0.05) is 25.5 Å². The summed E-state index contributed by atoms with van der Waals surface area (Å²) in [6, 6.07) is 0. The molecule has 0 heterocycles. The van der Waals surface area contributed by atoms with Crippen LogP contribution in [-0.4, -0.2) is 32.8 Å². The van der Waals surface area contributed by atoms with Gasteiger partial charge in [-0.3, -0.25) is 13.8 Å². The molecule has 0 saturated heterocycles. The largest absolute Gasteiger partial charge is 0.299 e. The van der Waals surface area contributed by atoms with Gasteiger partial charge in [0.15, 0.2) is 5.78 Å². The Kier molecular flexibility index (Phi) is 4.32. The van der Waals surface area contributed by atoms with Crippen LogP contribution in [0.4, 0.5) is 0 Å². The summed E-state index contributed by atoms with van der Waals surface area (Å²) in [5, 5.41) is 0. The fraction of sp³-hybridized carbons (Fsp3) is 0.714. The molecule has 0 N–H and O–H groups in total. The molecule has 0 aliphatic heterocycles. The number of carbonyl (C=O) groups is 2. The molecule has 4 aliphatic carbocycles. The molecule has 27 heavy (non-hydrogen) atoms. The van der Waals surface area contributed by atoms with Crippen molar-refractivity contribution >= 4 is 21.7 Å². The van der Waals surface area contributed by atoms with E-state index in [9.17, 15) is 18.0 Å². The SMILES string of the molecule is C[C@]12C=CC(=O)C=C1C(COS(C)(=O)=O)CC1C2CC[C@]2(C)C(=O)CCC12. The third kappa shape index (κ3) is 2.96. The molecule has 0 aromatic rings. The van der Waals surface area contributed by atoms with Crippen molar-refractivity contribution in [3.05, 3.63) is 23.8 Å². The van der Waals surface area contributed by atoms with Crippen LogP contribution in [0.5, 0.6) is 0 Å². The second-order valence-electron chi connectivity index (χ2n) is 9.33. The fourth-order valence-electron chi connectivity index (χ4n) is 6.55. The number of fused-ring (bicyclic) bond motifs is 5. The molecule has 3 saturated carbocycles. The Labute approximate surface area is 161 Å². The summed E-state index contributed by atoms with van der Waals surface area (Å²) in [6.45, 7) is 4.37. The lowest BCUT2D eigenvalue weighted by Crippen LogP contribution is -2.52. The van der Waals surface area contributed by atoms with Gasteiger partial charge in [0.1, 0.15) is 5.78 Å². The summed E-state index contributed by atoms with van der Waals surface area (Å²) >= 11 is 0. The lowest BCUT2D eigenvalue weighted by Gasteiger charge is -2.57. The van der Waals surface area contributed by atoms with Gasteiger partial charge in [0.25, 0.3) is 10.1 Å². The maximum Gasteiger partial charge on any atom is 0.264 e. The van der Waals surface area contributed by atoms with Crippen molar-refractivity contribution in [2.75, 3.05) is 12.9 Å². The normalized spacial score (nSPS) is 43.7. The summed E-state index contributed by atoms with van der Waals surface area (Å²) in [7, 11) is -3.55. The maximum absolute atomic E-state index is 12.6. The van der Waals surface area contributed by atoms with Crippen molar-refractivity contribution in [3.63, 3.8) is 0 Å². The van der Waals surface area contributed by atoms with Gasteiger partial charge >= 0.3 is 0 Å². The number of hydrogen-bond donors (Lipinski definition) is 0. The highest BCUT2D eigenvalue weighted by Gasteiger charge is 2.60. The molecule has 0 radical (unpaired) electrons. The van der Waals surface area contributed by atoms with E-state index in [1.807, 2.05) is 6.08 Å². The molecule has 6 heteroatoms. The molecule has 0 bridgehead atoms. The molecule has 5 nitrogen and oxygen atoms in total. The fourth-order valence-corrected chi connectivity index (χ4v) is 6.97. The van der Waals surface area contributed by atoms with Crippen LogP contribution in [0.2, 0.25) is 0 Å². The third-order valence-corrected chi connectivity index (χ3v) is 8.47. The molecule has 3 fully saturated rings. The zero-order chi connectivity index (χ0) is 19.6. The number of allylic oxidation sites excluding steroid dienone is 3. The average molecular weight is 393 g/mol. The van der Waals surface area contributed by atoms with E-state index in [1.54, 1.807) is 12.2 Å². The molecule has 6 atom stereocenters. The van der Waals surface area contributed by atoms with Gasteiger partial charge in [-0.25, -0.2) is 0 Å². The van der Waals surface area contributed by atoms with Crippen LogP contribution in [0.15, 0.2) is 23.8 Å². The first kappa shape index (κ1) is 19.1. The summed E-state index contributed by atoms with van der Waals surface area (Å²) in [4.78, 5) is 24.7. The lowest BCUT2D eigenvalue weighted by atomic mass is 9.46. The van der Waals surface area contributed by atoms with Gasteiger partial charge in [0, 0.05) is 23.2 Å². The number of carbonyl (C=O) groups excluding carboxylic acids is 2. The average Bonchev–Trinajstić information content (AvgIpc) is 2.88. The van der Waals surface area contributed by atoms with E-state index in [4.69, 9.17) is 4.18 Å². The van der Waals surface area contributed by atoms with E-state index < -0.39 is 10.1 Å². The predicted octanol–water partition coefficient (Wildman–Crippen LogP) is 3.07. The van der Waals surface area contributed by atoms with E-state index in [0.29, 0.717) is 30.0 Å². The molecule has 0 aromatic heterocycles. The van der Waals surface area contributed by atoms with Crippen LogP contribution >= 0.6 is 0 Å². The Bertz CT molecular complexity index is 854. The van der Waals surface area contributed by atoms with Crippen molar-refractivity contribution in [2.45, 2.75) is 46.0 Å². The van der Waals surface area contributed by atoms with Crippen LogP contribution < -0.4 is 0 Å². The van der Waals surface area contributed by atoms with Crippen molar-refractivity contribution in [3.8, 4) is 0 Å². The zero-order valence-electron chi connectivity index (χ0n) is 16.2. The Morgan fingerprint density at radius 1 is 1.19 bits per heavy atom. The van der Waals surface area contributed by atoms with Crippen molar-refractivity contribution in [2.24, 2.45) is 34.5 Å². The van der Waals surface area contributed by atoms with E-state index in [2.05, 4.69) is 13.8 Å². The van der Waals surface area contributed by atoms with Crippen LogP contribution in [0.25, 0.3) is 0 Å². The first-order valence-electron chi connectivity index (χ1n) is 9.87. The number of ketones is 2. The van der Waals surface area contributed by atoms with E-state index in [1.165, 1.54) is 0 Å². The van der Waals surface area contributed by atoms with Gasteiger partial charge in [0.2, 0.25) is 0 Å². The predicted molar refractivity (Wildman–Crippen MR) is 101 cm³/mol. The van der Waals surface area contributed by atoms with Gasteiger partial charge < -0.3 is 0 Å². The Morgan fingerprint density at radius 3 is 2.63 bits per heavy atom. The van der Waals surface area contributed by atoms with Gasteiger partial charge in [0.05, 0.1) is 12.9 Å². The van der Waals surface area contributed by atoms with Crippen molar-refractivity contribution in [1.82, 2.24) is 0 Å². The molecular weight excluding hydrogens is 364 g/mol. The minimum atomic E-state index is -3.55. The second-order valence-corrected chi connectivity index (χ2v) is 11.0. The Balaban J connectivity index is 1.72. The van der Waals surface area contributed by atoms with Crippen LogP contribution in [0.1, 0.15) is 46.0 Å². The number of Topliss-reactive ketones (excluding diaryl/α,β-unsaturated/α-hetero) is 1. The summed E-state index contributed by atoms with van der Waals surface area (Å²) in [5.74, 6) is 1.31. The molecule has 148 valence electrons. The van der Waals surface area contributed by atoms with Gasteiger partial charge in [-0.2, -0.15) is 8.42 Å². The minimum absolute atomic E-state index is 0.0398. The number of rotatable bonds is 3. The molecule has 0 spiro atoms. The highest BCUT2D eigenvalue weighted by atomic mass is 32.2. The van der Waals surface area contributed by atoms with Crippen molar-refractivity contribution < 1.29 is 22.2 Å². The Hall–Kier alpha value is -1.27. The smallest absolute Gasteiger partial charge is 0.264 e. The second kappa shape index (κ2) is 6.11. The molecule has 4 rings (SSSR count). The first-order chi connectivity index (χ1) is 12.5. The molecular formula is C21H28O5S. The van der Waals surface area contributed by atoms with E-state index in [-0.39, 0.29) is 29.1 Å². The standard InChI is InChI=1S/C21H28O5S/c1-20-8-6-14(22)11-18(20)13(12-26-27(3,24)25)10-15-16-4-5-19(23)21(16,2)9-7-17(15)20/h6,8,11,13,15-17H,4-5,7,9-10,12H2,1-3H3/t13?,15?,16?,17?,20-,21+/m1/s1. The van der Waals surface area contributed by atoms with Crippen LogP contribution in [-0.2, 0) is 23.9 Å². The molecule has 0 aromatic carbocycles. The van der Waals surface area contributed by atoms with Crippen LogP contribution in [0, 0.1) is 34.5 Å². The summed E-state index contributed by atoms with van der Waals surface area (Å²) in [6.07, 6.45) is 10.7. The number of hydrogen-bond acceptors (Lipinski definition) is 5. The topological polar surface area (TPSA) is 77.5 Å². The minimum Gasteiger partial charge on any atom is -0.299 e. The highest BCUT2D eigenvalue weighted by Crippen LogP contribution is 2.64. The highest BCUT2D eigenvalue weighted by molar-refractivity contribution is 7.85. The zero-order valence-corrected chi connectivity index (χ0v) is 17.1. The quantitative estimate of drug-likeness (QED) is 0.690. The Morgan fingerprint density at radius 2 is 1.93 bits per heavy atom. The first-order valence-corrected chi connectivity index (χ1v) is 11.7. The summed E-state index contributed by atoms with van der Waals surface area (Å²) in [5.41, 5.74) is 0.498. The van der Waals surface area contributed by atoms with E-state index >= 15 is 0 Å². The summed E-state index contributed by atoms with van der Waals surface area (Å²) < 4.78 is 28.3. The van der Waals surface area contributed by atoms with Gasteiger partial charge in [-0.05, 0) is 55.6 Å². The monoisotopic (exact) mass is 392 g/mol.